The zero-order valence-corrected chi connectivity index (χ0v) is 12.4. The molecule has 2 N–H and O–H groups in total. The monoisotopic (exact) mass is 285 g/mol. The Bertz CT molecular complexity index is 446. The molecule has 0 saturated heterocycles. The number of carbonyl (C=O) groups is 1. The Morgan fingerprint density at radius 3 is 2.47 bits per heavy atom. The van der Waals surface area contributed by atoms with Crippen molar-refractivity contribution in [2.75, 3.05) is 0 Å². The molecule has 4 nitrogen and oxygen atoms in total. The molecule has 5 heteroatoms. The van der Waals surface area contributed by atoms with Crippen molar-refractivity contribution in [3.63, 3.8) is 0 Å². The predicted molar refractivity (Wildman–Crippen MR) is 75.5 cm³/mol. The number of rotatable bonds is 5. The Morgan fingerprint density at radius 2 is 1.95 bits per heavy atom. The van der Waals surface area contributed by atoms with Crippen LogP contribution in [-0.2, 0) is 4.79 Å². The number of ether oxygens (including phenoxy) is 1. The molecule has 106 valence electrons. The Balaban J connectivity index is 2.84. The van der Waals surface area contributed by atoms with Crippen LogP contribution in [0.3, 0.4) is 0 Å². The van der Waals surface area contributed by atoms with Gasteiger partial charge in [0.2, 0.25) is 0 Å². The highest BCUT2D eigenvalue weighted by Crippen LogP contribution is 2.29. The van der Waals surface area contributed by atoms with Crippen molar-refractivity contribution in [1.29, 1.82) is 0 Å². The van der Waals surface area contributed by atoms with E-state index in [1.165, 1.54) is 0 Å². The van der Waals surface area contributed by atoms with Crippen LogP contribution in [0.5, 0.6) is 5.75 Å². The number of amides is 1. The smallest absolute Gasteiger partial charge is 0.260 e. The molecule has 1 rings (SSSR count). The number of nitrogens with one attached hydrogen (secondary N) is 1. The lowest BCUT2D eigenvalue weighted by Crippen LogP contribution is -2.40. The molecular weight excluding hydrogens is 266 g/mol. The molecule has 0 heterocycles. The molecule has 0 aromatic heterocycles. The summed E-state index contributed by atoms with van der Waals surface area (Å²) in [5.74, 6) is 0.271. The molecule has 0 fully saturated rings. The summed E-state index contributed by atoms with van der Waals surface area (Å²) in [6.45, 7) is 7.05. The van der Waals surface area contributed by atoms with Gasteiger partial charge in [0, 0.05) is 16.6 Å². The molecule has 2 atom stereocenters. The summed E-state index contributed by atoms with van der Waals surface area (Å²) >= 11 is 5.88. The minimum atomic E-state index is -0.714. The number of hydrogen-bond acceptors (Lipinski definition) is 3. The van der Waals surface area contributed by atoms with E-state index in [9.17, 15) is 9.90 Å². The second-order valence-electron chi connectivity index (χ2n) is 4.78. The van der Waals surface area contributed by atoms with E-state index >= 15 is 0 Å². The third-order valence-corrected chi connectivity index (χ3v) is 2.76. The number of benzene rings is 1. The average Bonchev–Trinajstić information content (AvgIpc) is 2.30. The lowest BCUT2D eigenvalue weighted by Gasteiger charge is -2.19. The summed E-state index contributed by atoms with van der Waals surface area (Å²) in [7, 11) is 0. The number of aliphatic hydroxyl groups is 1. The molecule has 1 aromatic carbocycles. The summed E-state index contributed by atoms with van der Waals surface area (Å²) < 4.78 is 5.59. The molecule has 0 aliphatic rings. The summed E-state index contributed by atoms with van der Waals surface area (Å²) in [4.78, 5) is 11.8. The van der Waals surface area contributed by atoms with Gasteiger partial charge in [0.25, 0.3) is 5.91 Å². The predicted octanol–water partition coefficient (Wildman–Crippen LogP) is 2.69. The van der Waals surface area contributed by atoms with Gasteiger partial charge in [-0.1, -0.05) is 11.6 Å². The molecule has 0 radical (unpaired) electrons. The first-order valence-electron chi connectivity index (χ1n) is 6.25. The number of aliphatic hydroxyl groups excluding tert-OH is 1. The zero-order valence-electron chi connectivity index (χ0n) is 11.6. The van der Waals surface area contributed by atoms with Crippen LogP contribution in [0, 0.1) is 0 Å². The molecular formula is C14H20ClNO3. The molecule has 0 spiro atoms. The van der Waals surface area contributed by atoms with Crippen LogP contribution in [0.1, 0.15) is 39.4 Å². The Hall–Kier alpha value is -1.26. The van der Waals surface area contributed by atoms with Crippen LogP contribution < -0.4 is 10.1 Å². The Labute approximate surface area is 118 Å². The lowest BCUT2D eigenvalue weighted by atomic mass is 10.1. The van der Waals surface area contributed by atoms with Crippen LogP contribution in [0.2, 0.25) is 5.02 Å². The highest BCUT2D eigenvalue weighted by molar-refractivity contribution is 6.30. The van der Waals surface area contributed by atoms with Gasteiger partial charge in [0.05, 0.1) is 6.10 Å². The van der Waals surface area contributed by atoms with E-state index in [2.05, 4.69) is 5.32 Å². The van der Waals surface area contributed by atoms with E-state index in [-0.39, 0.29) is 11.9 Å². The van der Waals surface area contributed by atoms with Gasteiger partial charge in [-0.15, -0.1) is 0 Å². The second kappa shape index (κ2) is 6.78. The van der Waals surface area contributed by atoms with Crippen molar-refractivity contribution in [1.82, 2.24) is 5.32 Å². The first kappa shape index (κ1) is 15.8. The molecule has 1 aromatic rings. The maximum Gasteiger partial charge on any atom is 0.260 e. The van der Waals surface area contributed by atoms with Crippen molar-refractivity contribution in [3.8, 4) is 5.75 Å². The molecule has 0 aliphatic heterocycles. The van der Waals surface area contributed by atoms with E-state index in [0.29, 0.717) is 16.3 Å². The first-order chi connectivity index (χ1) is 8.81. The van der Waals surface area contributed by atoms with Gasteiger partial charge in [-0.05, 0) is 45.9 Å². The maximum atomic E-state index is 11.8. The number of hydrogen-bond donors (Lipinski definition) is 2. The summed E-state index contributed by atoms with van der Waals surface area (Å²) in [6.07, 6.45) is -1.35. The van der Waals surface area contributed by atoms with Gasteiger partial charge in [-0.3, -0.25) is 4.79 Å². The fraction of sp³-hybridized carbons (Fsp3) is 0.500. The van der Waals surface area contributed by atoms with E-state index in [1.807, 2.05) is 13.8 Å². The standard InChI is InChI=1S/C14H20ClNO3/c1-8(2)16-14(18)10(4)19-13-6-5-11(15)7-12(13)9(3)17/h5-10,17H,1-4H3,(H,16,18). The van der Waals surface area contributed by atoms with E-state index in [4.69, 9.17) is 16.3 Å². The highest BCUT2D eigenvalue weighted by atomic mass is 35.5. The summed E-state index contributed by atoms with van der Waals surface area (Å²) in [5.41, 5.74) is 0.566. The van der Waals surface area contributed by atoms with E-state index in [1.54, 1.807) is 32.0 Å². The number of halogens is 1. The molecule has 2 unspecified atom stereocenters. The summed E-state index contributed by atoms with van der Waals surface area (Å²) in [6, 6.07) is 5.01. The summed E-state index contributed by atoms with van der Waals surface area (Å²) in [5, 5.41) is 13.0. The van der Waals surface area contributed by atoms with Crippen molar-refractivity contribution in [2.45, 2.75) is 45.9 Å². The van der Waals surface area contributed by atoms with Crippen LogP contribution in [0.25, 0.3) is 0 Å². The van der Waals surface area contributed by atoms with Crippen LogP contribution in [-0.4, -0.2) is 23.2 Å². The van der Waals surface area contributed by atoms with Gasteiger partial charge in [-0.2, -0.15) is 0 Å². The normalized spacial score (nSPS) is 14.1. The zero-order chi connectivity index (χ0) is 14.6. The fourth-order valence-electron chi connectivity index (χ4n) is 1.60. The third-order valence-electron chi connectivity index (χ3n) is 2.53. The molecule has 0 bridgehead atoms. The highest BCUT2D eigenvalue weighted by Gasteiger charge is 2.18. The quantitative estimate of drug-likeness (QED) is 0.874. The van der Waals surface area contributed by atoms with Gasteiger partial charge >= 0.3 is 0 Å². The lowest BCUT2D eigenvalue weighted by molar-refractivity contribution is -0.127. The Morgan fingerprint density at radius 1 is 1.32 bits per heavy atom. The van der Waals surface area contributed by atoms with Crippen LogP contribution in [0.15, 0.2) is 18.2 Å². The molecule has 1 amide bonds. The first-order valence-corrected chi connectivity index (χ1v) is 6.63. The van der Waals surface area contributed by atoms with Gasteiger partial charge in [-0.25, -0.2) is 0 Å². The van der Waals surface area contributed by atoms with Gasteiger partial charge in [0.1, 0.15) is 5.75 Å². The van der Waals surface area contributed by atoms with Gasteiger partial charge in [0.15, 0.2) is 6.10 Å². The van der Waals surface area contributed by atoms with Crippen molar-refractivity contribution < 1.29 is 14.6 Å². The SMILES string of the molecule is CC(C)NC(=O)C(C)Oc1ccc(Cl)cc1C(C)O. The average molecular weight is 286 g/mol. The third kappa shape index (κ3) is 4.73. The molecule has 0 aliphatic carbocycles. The van der Waals surface area contributed by atoms with Crippen LogP contribution >= 0.6 is 11.6 Å². The largest absolute Gasteiger partial charge is 0.481 e. The second-order valence-corrected chi connectivity index (χ2v) is 5.22. The van der Waals surface area contributed by atoms with Crippen molar-refractivity contribution in [3.05, 3.63) is 28.8 Å². The minimum Gasteiger partial charge on any atom is -0.481 e. The van der Waals surface area contributed by atoms with E-state index in [0.717, 1.165) is 0 Å². The maximum absolute atomic E-state index is 11.8. The van der Waals surface area contributed by atoms with Gasteiger partial charge < -0.3 is 15.2 Å². The number of carbonyl (C=O) groups excluding carboxylic acids is 1. The molecule has 19 heavy (non-hydrogen) atoms. The van der Waals surface area contributed by atoms with E-state index < -0.39 is 12.2 Å². The minimum absolute atomic E-state index is 0.0556. The van der Waals surface area contributed by atoms with Crippen molar-refractivity contribution >= 4 is 17.5 Å². The fourth-order valence-corrected chi connectivity index (χ4v) is 1.78. The van der Waals surface area contributed by atoms with Crippen molar-refractivity contribution in [2.24, 2.45) is 0 Å². The molecule has 0 saturated carbocycles. The van der Waals surface area contributed by atoms with Crippen LogP contribution in [0.4, 0.5) is 0 Å². The topological polar surface area (TPSA) is 58.6 Å². The Kier molecular flexibility index (Phi) is 5.63.